The van der Waals surface area contributed by atoms with Crippen LogP contribution in [0.4, 0.5) is 0 Å². The van der Waals surface area contributed by atoms with E-state index in [9.17, 15) is 9.59 Å². The number of hydrogen-bond donors (Lipinski definition) is 0. The Balaban J connectivity index is 3.19. The van der Waals surface area contributed by atoms with Gasteiger partial charge in [-0.15, -0.1) is 0 Å². The van der Waals surface area contributed by atoms with Crippen molar-refractivity contribution in [3.05, 3.63) is 58.7 Å². The van der Waals surface area contributed by atoms with Gasteiger partial charge in [0, 0.05) is 18.1 Å². The molecule has 0 amide bonds. The molecule has 25 heavy (non-hydrogen) atoms. The first-order valence-electron chi connectivity index (χ1n) is 8.63. The summed E-state index contributed by atoms with van der Waals surface area (Å²) in [6.45, 7) is 4.15. The zero-order valence-electron chi connectivity index (χ0n) is 15.6. The van der Waals surface area contributed by atoms with E-state index in [0.29, 0.717) is 12.0 Å². The number of ether oxygens (including phenoxy) is 2. The van der Waals surface area contributed by atoms with Gasteiger partial charge in [0.05, 0.1) is 14.2 Å². The third kappa shape index (κ3) is 7.38. The minimum Gasteiger partial charge on any atom is -0.466 e. The van der Waals surface area contributed by atoms with Gasteiger partial charge in [0.25, 0.3) is 0 Å². The number of methoxy groups -OCH3 is 2. The number of hydrogen-bond acceptors (Lipinski definition) is 4. The van der Waals surface area contributed by atoms with Crippen LogP contribution >= 0.6 is 0 Å². The molecule has 0 aromatic heterocycles. The van der Waals surface area contributed by atoms with E-state index in [1.807, 2.05) is 31.2 Å². The number of benzene rings is 1. The predicted molar refractivity (Wildman–Crippen MR) is 99.2 cm³/mol. The average Bonchev–Trinajstić information content (AvgIpc) is 2.63. The molecule has 0 heterocycles. The SMILES string of the molecule is CCCCCC(/C=C/C(=O)OC)=C(/Cc1ccc(C)cc1)C(=O)OC. The van der Waals surface area contributed by atoms with Crippen LogP contribution in [0.3, 0.4) is 0 Å². The van der Waals surface area contributed by atoms with Gasteiger partial charge in [0.15, 0.2) is 0 Å². The molecule has 1 aromatic carbocycles. The summed E-state index contributed by atoms with van der Waals surface area (Å²) in [6.07, 6.45) is 7.33. The molecule has 0 bridgehead atoms. The maximum atomic E-state index is 12.3. The molecule has 1 rings (SSSR count). The van der Waals surface area contributed by atoms with Gasteiger partial charge >= 0.3 is 11.9 Å². The van der Waals surface area contributed by atoms with Gasteiger partial charge in [-0.1, -0.05) is 55.7 Å². The first-order valence-corrected chi connectivity index (χ1v) is 8.63. The molecule has 0 atom stereocenters. The fraction of sp³-hybridized carbons (Fsp3) is 0.429. The van der Waals surface area contributed by atoms with Gasteiger partial charge in [0.2, 0.25) is 0 Å². The highest BCUT2D eigenvalue weighted by atomic mass is 16.5. The number of rotatable bonds is 9. The lowest BCUT2D eigenvalue weighted by Gasteiger charge is -2.12. The van der Waals surface area contributed by atoms with E-state index in [1.54, 1.807) is 6.08 Å². The molecule has 0 saturated carbocycles. The summed E-state index contributed by atoms with van der Waals surface area (Å²) >= 11 is 0. The Hall–Kier alpha value is -2.36. The fourth-order valence-corrected chi connectivity index (χ4v) is 2.49. The van der Waals surface area contributed by atoms with E-state index in [-0.39, 0.29) is 5.97 Å². The highest BCUT2D eigenvalue weighted by Gasteiger charge is 2.15. The van der Waals surface area contributed by atoms with Crippen molar-refractivity contribution in [3.8, 4) is 0 Å². The topological polar surface area (TPSA) is 52.6 Å². The lowest BCUT2D eigenvalue weighted by molar-refractivity contribution is -0.136. The zero-order chi connectivity index (χ0) is 18.7. The number of allylic oxidation sites excluding steroid dienone is 2. The number of carbonyl (C=O) groups excluding carboxylic acids is 2. The minimum atomic E-state index is -0.437. The van der Waals surface area contributed by atoms with Crippen molar-refractivity contribution in [3.63, 3.8) is 0 Å². The van der Waals surface area contributed by atoms with Crippen LogP contribution in [-0.4, -0.2) is 26.2 Å². The molecule has 0 aliphatic carbocycles. The number of unbranched alkanes of at least 4 members (excludes halogenated alkanes) is 2. The van der Waals surface area contributed by atoms with Crippen molar-refractivity contribution in [2.24, 2.45) is 0 Å². The molecular formula is C21H28O4. The van der Waals surface area contributed by atoms with Gasteiger partial charge in [-0.2, -0.15) is 0 Å². The van der Waals surface area contributed by atoms with Gasteiger partial charge in [-0.3, -0.25) is 0 Å². The van der Waals surface area contributed by atoms with Gasteiger partial charge < -0.3 is 9.47 Å². The summed E-state index contributed by atoms with van der Waals surface area (Å²) < 4.78 is 9.64. The van der Waals surface area contributed by atoms with E-state index >= 15 is 0 Å². The Morgan fingerprint density at radius 3 is 2.24 bits per heavy atom. The van der Waals surface area contributed by atoms with Crippen molar-refractivity contribution in [2.45, 2.75) is 46.0 Å². The summed E-state index contributed by atoms with van der Waals surface area (Å²) in [5.74, 6) is -0.797. The van der Waals surface area contributed by atoms with Crippen molar-refractivity contribution < 1.29 is 19.1 Å². The van der Waals surface area contributed by atoms with Crippen LogP contribution in [0.2, 0.25) is 0 Å². The molecule has 0 fully saturated rings. The molecule has 0 N–H and O–H groups in total. The Morgan fingerprint density at radius 2 is 1.68 bits per heavy atom. The van der Waals surface area contributed by atoms with Crippen molar-refractivity contribution in [1.29, 1.82) is 0 Å². The van der Waals surface area contributed by atoms with Gasteiger partial charge in [-0.25, -0.2) is 9.59 Å². The molecule has 4 heteroatoms. The normalized spacial score (nSPS) is 12.0. The molecule has 0 spiro atoms. The molecule has 4 nitrogen and oxygen atoms in total. The Bertz CT molecular complexity index is 624. The zero-order valence-corrected chi connectivity index (χ0v) is 15.6. The standard InChI is InChI=1S/C21H28O4/c1-5-6-7-8-18(13-14-20(22)24-3)19(21(23)25-4)15-17-11-9-16(2)10-12-17/h9-14H,5-8,15H2,1-4H3/b14-13+,19-18+. The largest absolute Gasteiger partial charge is 0.466 e. The lowest BCUT2D eigenvalue weighted by atomic mass is 9.95. The monoisotopic (exact) mass is 344 g/mol. The summed E-state index contributed by atoms with van der Waals surface area (Å²) in [6, 6.07) is 8.05. The van der Waals surface area contributed by atoms with E-state index < -0.39 is 5.97 Å². The second kappa shape index (κ2) is 11.2. The smallest absolute Gasteiger partial charge is 0.334 e. The van der Waals surface area contributed by atoms with Crippen LogP contribution in [0, 0.1) is 6.92 Å². The first-order chi connectivity index (χ1) is 12.0. The highest BCUT2D eigenvalue weighted by Crippen LogP contribution is 2.21. The van der Waals surface area contributed by atoms with E-state index in [2.05, 4.69) is 11.7 Å². The molecule has 0 aliphatic heterocycles. The van der Waals surface area contributed by atoms with Gasteiger partial charge in [0.1, 0.15) is 0 Å². The quantitative estimate of drug-likeness (QED) is 0.290. The van der Waals surface area contributed by atoms with Crippen LogP contribution < -0.4 is 0 Å². The maximum absolute atomic E-state index is 12.3. The summed E-state index contributed by atoms with van der Waals surface area (Å²) in [5, 5.41) is 0. The van der Waals surface area contributed by atoms with Crippen LogP contribution in [0.1, 0.15) is 43.7 Å². The van der Waals surface area contributed by atoms with E-state index in [1.165, 1.54) is 25.9 Å². The maximum Gasteiger partial charge on any atom is 0.334 e. The molecular weight excluding hydrogens is 316 g/mol. The summed E-state index contributed by atoms with van der Waals surface area (Å²) in [7, 11) is 2.71. The number of aryl methyl sites for hydroxylation is 1. The third-order valence-corrected chi connectivity index (χ3v) is 3.99. The molecule has 0 aliphatic rings. The first kappa shape index (κ1) is 20.7. The molecule has 0 radical (unpaired) electrons. The van der Waals surface area contributed by atoms with E-state index in [4.69, 9.17) is 4.74 Å². The number of carbonyl (C=O) groups is 2. The Labute approximate surface area is 150 Å². The van der Waals surface area contributed by atoms with Crippen LogP contribution in [0.15, 0.2) is 47.6 Å². The highest BCUT2D eigenvalue weighted by molar-refractivity contribution is 5.91. The average molecular weight is 344 g/mol. The second-order valence-electron chi connectivity index (χ2n) is 5.97. The summed E-state index contributed by atoms with van der Waals surface area (Å²) in [5.41, 5.74) is 3.61. The molecule has 0 saturated heterocycles. The Kier molecular flexibility index (Phi) is 9.30. The van der Waals surface area contributed by atoms with E-state index in [0.717, 1.165) is 36.8 Å². The predicted octanol–water partition coefficient (Wildman–Crippen LogP) is 4.32. The minimum absolute atomic E-state index is 0.360. The molecule has 1 aromatic rings. The van der Waals surface area contributed by atoms with Crippen LogP contribution in [0.25, 0.3) is 0 Å². The van der Waals surface area contributed by atoms with Gasteiger partial charge in [-0.05, 0) is 30.9 Å². The van der Waals surface area contributed by atoms with Crippen molar-refractivity contribution in [1.82, 2.24) is 0 Å². The van der Waals surface area contributed by atoms with Crippen molar-refractivity contribution in [2.75, 3.05) is 14.2 Å². The molecule has 0 unspecified atom stereocenters. The van der Waals surface area contributed by atoms with Crippen molar-refractivity contribution >= 4 is 11.9 Å². The fourth-order valence-electron chi connectivity index (χ4n) is 2.49. The van der Waals surface area contributed by atoms with Crippen LogP contribution in [0.5, 0.6) is 0 Å². The van der Waals surface area contributed by atoms with Crippen LogP contribution in [-0.2, 0) is 25.5 Å². The third-order valence-electron chi connectivity index (χ3n) is 3.99. The lowest BCUT2D eigenvalue weighted by Crippen LogP contribution is -2.11. The number of esters is 2. The second-order valence-corrected chi connectivity index (χ2v) is 5.97. The Morgan fingerprint density at radius 1 is 1.00 bits per heavy atom. The summed E-state index contributed by atoms with van der Waals surface area (Å²) in [4.78, 5) is 23.8. The molecule has 136 valence electrons.